The molecule has 0 fully saturated rings. The molecule has 9 heteroatoms. The fraction of sp³-hybridized carbons (Fsp3) is 0.750. The molecule has 0 aliphatic rings. The second-order valence-electron chi connectivity index (χ2n) is 8.72. The standard InChI is InChI=1S/C20H37NO6SSi/c1-16(2)17(22)25-11-9-21-19(24)27-12-13-28-15-20(3,4)18(23)26-10-8-14-29(5,6)7/h1,8-15H2,2-7H3,(H,21,24). The van der Waals surface area contributed by atoms with Crippen molar-refractivity contribution in [2.24, 2.45) is 5.41 Å². The van der Waals surface area contributed by atoms with E-state index in [9.17, 15) is 14.4 Å². The first-order valence-electron chi connectivity index (χ1n) is 9.83. The topological polar surface area (TPSA) is 90.9 Å². The predicted molar refractivity (Wildman–Crippen MR) is 120 cm³/mol. The molecule has 0 radical (unpaired) electrons. The first kappa shape index (κ1) is 27.5. The minimum absolute atomic E-state index is 0.0593. The maximum atomic E-state index is 12.2. The van der Waals surface area contributed by atoms with Crippen LogP contribution < -0.4 is 5.32 Å². The van der Waals surface area contributed by atoms with Crippen molar-refractivity contribution in [3.63, 3.8) is 0 Å². The highest BCUT2D eigenvalue weighted by Crippen LogP contribution is 2.24. The van der Waals surface area contributed by atoms with E-state index >= 15 is 0 Å². The molecule has 0 aromatic carbocycles. The molecule has 0 atom stereocenters. The minimum Gasteiger partial charge on any atom is -0.465 e. The summed E-state index contributed by atoms with van der Waals surface area (Å²) in [6, 6.07) is 1.14. The summed E-state index contributed by atoms with van der Waals surface area (Å²) >= 11 is 1.53. The molecular weight excluding hydrogens is 410 g/mol. The Morgan fingerprint density at radius 3 is 2.28 bits per heavy atom. The molecule has 7 nitrogen and oxygen atoms in total. The van der Waals surface area contributed by atoms with Gasteiger partial charge in [0, 0.05) is 25.2 Å². The Morgan fingerprint density at radius 2 is 1.69 bits per heavy atom. The van der Waals surface area contributed by atoms with Gasteiger partial charge >= 0.3 is 18.0 Å². The molecule has 0 aromatic heterocycles. The molecule has 0 bridgehead atoms. The van der Waals surface area contributed by atoms with Crippen molar-refractivity contribution >= 4 is 37.9 Å². The number of nitrogens with one attached hydrogen (secondary N) is 1. The Balaban J connectivity index is 3.83. The van der Waals surface area contributed by atoms with Gasteiger partial charge in [-0.15, -0.1) is 0 Å². The molecule has 168 valence electrons. The molecule has 0 saturated carbocycles. The van der Waals surface area contributed by atoms with Crippen molar-refractivity contribution in [3.05, 3.63) is 12.2 Å². The zero-order chi connectivity index (χ0) is 22.5. The van der Waals surface area contributed by atoms with E-state index in [1.165, 1.54) is 11.8 Å². The fourth-order valence-corrected chi connectivity index (χ4v) is 4.19. The first-order chi connectivity index (χ1) is 13.3. The van der Waals surface area contributed by atoms with E-state index in [4.69, 9.17) is 14.2 Å². The van der Waals surface area contributed by atoms with Gasteiger partial charge in [-0.1, -0.05) is 32.3 Å². The van der Waals surface area contributed by atoms with Crippen LogP contribution in [0.4, 0.5) is 4.79 Å². The molecule has 1 N–H and O–H groups in total. The largest absolute Gasteiger partial charge is 0.465 e. The average molecular weight is 448 g/mol. The number of amides is 1. The molecule has 29 heavy (non-hydrogen) atoms. The maximum absolute atomic E-state index is 12.2. The lowest BCUT2D eigenvalue weighted by molar-refractivity contribution is -0.152. The van der Waals surface area contributed by atoms with Crippen LogP contribution in [0.15, 0.2) is 12.2 Å². The van der Waals surface area contributed by atoms with Crippen LogP contribution in [-0.4, -0.2) is 64.0 Å². The Morgan fingerprint density at radius 1 is 1.03 bits per heavy atom. The minimum atomic E-state index is -1.10. The lowest BCUT2D eigenvalue weighted by Gasteiger charge is -2.22. The molecule has 0 aliphatic carbocycles. The molecule has 0 unspecified atom stereocenters. The van der Waals surface area contributed by atoms with Gasteiger partial charge in [0.2, 0.25) is 0 Å². The lowest BCUT2D eigenvalue weighted by atomic mass is 9.97. The third kappa shape index (κ3) is 15.1. The van der Waals surface area contributed by atoms with Crippen LogP contribution >= 0.6 is 11.8 Å². The molecule has 0 aromatic rings. The van der Waals surface area contributed by atoms with E-state index in [1.807, 2.05) is 13.8 Å². The Kier molecular flexibility index (Phi) is 13.0. The van der Waals surface area contributed by atoms with E-state index in [2.05, 4.69) is 31.5 Å². The SMILES string of the molecule is C=C(C)C(=O)OCCNC(=O)OCCSCC(C)(C)C(=O)OCCC[Si](C)(C)C. The molecule has 0 saturated heterocycles. The van der Waals surface area contributed by atoms with Gasteiger partial charge in [0.05, 0.1) is 18.6 Å². The molecule has 0 spiro atoms. The van der Waals surface area contributed by atoms with Crippen LogP contribution in [0.25, 0.3) is 0 Å². The normalized spacial score (nSPS) is 11.5. The van der Waals surface area contributed by atoms with Crippen molar-refractivity contribution in [3.8, 4) is 0 Å². The van der Waals surface area contributed by atoms with Crippen molar-refractivity contribution in [1.29, 1.82) is 0 Å². The maximum Gasteiger partial charge on any atom is 0.407 e. The molecule has 0 heterocycles. The summed E-state index contributed by atoms with van der Waals surface area (Å²) in [5.41, 5.74) is -0.276. The molecule has 0 aliphatic heterocycles. The summed E-state index contributed by atoms with van der Waals surface area (Å²) < 4.78 is 15.3. The van der Waals surface area contributed by atoms with Crippen molar-refractivity contribution in [2.75, 3.05) is 37.9 Å². The number of alkyl carbamates (subject to hydrolysis) is 1. The summed E-state index contributed by atoms with van der Waals surface area (Å²) in [7, 11) is -1.10. The monoisotopic (exact) mass is 447 g/mol. The third-order valence-electron chi connectivity index (χ3n) is 3.73. The zero-order valence-electron chi connectivity index (χ0n) is 18.7. The van der Waals surface area contributed by atoms with Crippen molar-refractivity contribution in [1.82, 2.24) is 5.32 Å². The number of thioether (sulfide) groups is 1. The number of carbonyl (C=O) groups is 3. The summed E-state index contributed by atoms with van der Waals surface area (Å²) in [4.78, 5) is 34.9. The van der Waals surface area contributed by atoms with Crippen LogP contribution in [0, 0.1) is 5.41 Å². The summed E-state index contributed by atoms with van der Waals surface area (Å²) in [5, 5.41) is 2.49. The Bertz CT molecular complexity index is 560. The molecule has 0 rings (SSSR count). The lowest BCUT2D eigenvalue weighted by Crippen LogP contribution is -2.31. The van der Waals surface area contributed by atoms with Gasteiger partial charge in [-0.2, -0.15) is 11.8 Å². The van der Waals surface area contributed by atoms with Gasteiger partial charge in [-0.25, -0.2) is 9.59 Å². The molecule has 1 amide bonds. The molecular formula is C20H37NO6SSi. The van der Waals surface area contributed by atoms with Gasteiger partial charge in [-0.3, -0.25) is 4.79 Å². The van der Waals surface area contributed by atoms with E-state index in [1.54, 1.807) is 6.92 Å². The van der Waals surface area contributed by atoms with E-state index in [-0.39, 0.29) is 25.7 Å². The summed E-state index contributed by atoms with van der Waals surface area (Å²) in [6.45, 7) is 16.6. The Hall–Kier alpha value is -1.48. The van der Waals surface area contributed by atoms with Crippen molar-refractivity contribution in [2.45, 2.75) is 52.9 Å². The number of carbonyl (C=O) groups excluding carboxylic acids is 3. The van der Waals surface area contributed by atoms with E-state index < -0.39 is 25.6 Å². The number of rotatable bonds is 14. The summed E-state index contributed by atoms with van der Waals surface area (Å²) in [5.74, 6) is 0.476. The highest BCUT2D eigenvalue weighted by molar-refractivity contribution is 7.99. The van der Waals surface area contributed by atoms with Crippen molar-refractivity contribution < 1.29 is 28.6 Å². The number of hydrogen-bond acceptors (Lipinski definition) is 7. The smallest absolute Gasteiger partial charge is 0.407 e. The number of ether oxygens (including phenoxy) is 3. The van der Waals surface area contributed by atoms with E-state index in [0.717, 1.165) is 12.5 Å². The van der Waals surface area contributed by atoms with Gasteiger partial charge in [0.1, 0.15) is 13.2 Å². The fourth-order valence-electron chi connectivity index (χ4n) is 2.01. The second-order valence-corrected chi connectivity index (χ2v) is 15.4. The predicted octanol–water partition coefficient (Wildman–Crippen LogP) is 3.86. The van der Waals surface area contributed by atoms with Crippen LogP contribution in [0.2, 0.25) is 25.7 Å². The van der Waals surface area contributed by atoms with Crippen LogP contribution in [0.5, 0.6) is 0 Å². The summed E-state index contributed by atoms with van der Waals surface area (Å²) in [6.07, 6.45) is 0.345. The number of hydrogen-bond donors (Lipinski definition) is 1. The average Bonchev–Trinajstić information content (AvgIpc) is 2.60. The van der Waals surface area contributed by atoms with Crippen LogP contribution in [0.3, 0.4) is 0 Å². The quantitative estimate of drug-likeness (QED) is 0.142. The van der Waals surface area contributed by atoms with Crippen LogP contribution in [0.1, 0.15) is 27.2 Å². The number of esters is 2. The third-order valence-corrected chi connectivity index (χ3v) is 6.97. The highest BCUT2D eigenvalue weighted by atomic mass is 32.2. The highest BCUT2D eigenvalue weighted by Gasteiger charge is 2.29. The van der Waals surface area contributed by atoms with Gasteiger partial charge < -0.3 is 19.5 Å². The van der Waals surface area contributed by atoms with Gasteiger partial charge in [-0.05, 0) is 27.2 Å². The van der Waals surface area contributed by atoms with Crippen LogP contribution in [-0.2, 0) is 23.8 Å². The van der Waals surface area contributed by atoms with E-state index in [0.29, 0.717) is 23.7 Å². The zero-order valence-corrected chi connectivity index (χ0v) is 20.5. The second kappa shape index (κ2) is 13.7. The van der Waals surface area contributed by atoms with Gasteiger partial charge in [0.15, 0.2) is 0 Å². The first-order valence-corrected chi connectivity index (χ1v) is 14.7. The van der Waals surface area contributed by atoms with Gasteiger partial charge in [0.25, 0.3) is 0 Å². The Labute approximate surface area is 180 Å².